The first kappa shape index (κ1) is 19.5. The number of para-hydroxylation sites is 1. The molecule has 1 amide bonds. The number of hydrogen-bond donors (Lipinski definition) is 2. The van der Waals surface area contributed by atoms with Crippen LogP contribution in [0, 0.1) is 0 Å². The monoisotopic (exact) mass is 373 g/mol. The molecule has 1 aliphatic heterocycles. The Balaban J connectivity index is 1.43. The number of ether oxygens (including phenoxy) is 1. The van der Waals surface area contributed by atoms with Crippen LogP contribution in [0.4, 0.5) is 0 Å². The number of carbonyl (C=O) groups is 1. The summed E-state index contributed by atoms with van der Waals surface area (Å²) in [6, 6.07) is 7.39. The molecule has 27 heavy (non-hydrogen) atoms. The van der Waals surface area contributed by atoms with Crippen LogP contribution in [-0.4, -0.2) is 85.2 Å². The van der Waals surface area contributed by atoms with Crippen LogP contribution in [0.2, 0.25) is 0 Å². The maximum atomic E-state index is 12.1. The van der Waals surface area contributed by atoms with E-state index >= 15 is 0 Å². The number of nitrogens with one attached hydrogen (secondary N) is 2. The zero-order valence-corrected chi connectivity index (χ0v) is 15.7. The highest BCUT2D eigenvalue weighted by atomic mass is 16.5. The van der Waals surface area contributed by atoms with Crippen LogP contribution in [0.5, 0.6) is 0 Å². The summed E-state index contributed by atoms with van der Waals surface area (Å²) in [4.78, 5) is 35.9. The predicted octanol–water partition coefficient (Wildman–Crippen LogP) is -0.154. The molecule has 1 aromatic carbocycles. The van der Waals surface area contributed by atoms with Crippen LogP contribution in [0.15, 0.2) is 29.1 Å². The summed E-state index contributed by atoms with van der Waals surface area (Å²) in [5.74, 6) is 0.761. The van der Waals surface area contributed by atoms with E-state index in [4.69, 9.17) is 4.74 Å². The van der Waals surface area contributed by atoms with E-state index in [0.717, 1.165) is 44.1 Å². The van der Waals surface area contributed by atoms with Gasteiger partial charge in [0.05, 0.1) is 24.1 Å². The minimum absolute atomic E-state index is 0.0402. The molecule has 0 saturated carbocycles. The Kier molecular flexibility index (Phi) is 6.92. The molecule has 1 saturated heterocycles. The fourth-order valence-electron chi connectivity index (χ4n) is 3.24. The van der Waals surface area contributed by atoms with Crippen LogP contribution in [0.3, 0.4) is 0 Å². The van der Waals surface area contributed by atoms with Crippen molar-refractivity contribution in [3.63, 3.8) is 0 Å². The minimum Gasteiger partial charge on any atom is -0.383 e. The van der Waals surface area contributed by atoms with Crippen molar-refractivity contribution < 1.29 is 9.53 Å². The molecule has 2 aromatic rings. The lowest BCUT2D eigenvalue weighted by Crippen LogP contribution is -2.50. The normalized spacial score (nSPS) is 15.9. The number of amides is 1. The van der Waals surface area contributed by atoms with Gasteiger partial charge in [-0.25, -0.2) is 4.98 Å². The molecule has 8 heteroatoms. The van der Waals surface area contributed by atoms with E-state index in [1.807, 2.05) is 18.2 Å². The zero-order chi connectivity index (χ0) is 19.1. The third-order valence-electron chi connectivity index (χ3n) is 4.79. The van der Waals surface area contributed by atoms with Crippen molar-refractivity contribution in [2.45, 2.75) is 6.42 Å². The standard InChI is InChI=1S/C19H27N5O3/c1-27-13-7-20-18(25)14-24-11-9-23(10-12-24)8-6-17-21-16-5-3-2-4-15(16)19(26)22-17/h2-5H,6-14H2,1H3,(H,20,25)(H,21,22,26). The Hall–Kier alpha value is -2.29. The summed E-state index contributed by atoms with van der Waals surface area (Å²) in [5, 5.41) is 3.47. The maximum absolute atomic E-state index is 12.1. The molecular weight excluding hydrogens is 346 g/mol. The molecule has 146 valence electrons. The van der Waals surface area contributed by atoms with Gasteiger partial charge in [-0.3, -0.25) is 14.5 Å². The molecule has 0 spiro atoms. The van der Waals surface area contributed by atoms with Crippen molar-refractivity contribution in [2.75, 3.05) is 59.5 Å². The van der Waals surface area contributed by atoms with Gasteiger partial charge in [0.2, 0.25) is 5.91 Å². The largest absolute Gasteiger partial charge is 0.383 e. The number of carbonyl (C=O) groups excluding carboxylic acids is 1. The number of rotatable bonds is 8. The van der Waals surface area contributed by atoms with Crippen molar-refractivity contribution >= 4 is 16.8 Å². The second kappa shape index (κ2) is 9.59. The van der Waals surface area contributed by atoms with Crippen LogP contribution >= 0.6 is 0 Å². The van der Waals surface area contributed by atoms with Gasteiger partial charge in [-0.05, 0) is 12.1 Å². The van der Waals surface area contributed by atoms with Crippen molar-refractivity contribution in [3.8, 4) is 0 Å². The molecule has 1 fully saturated rings. The summed E-state index contributed by atoms with van der Waals surface area (Å²) in [6.07, 6.45) is 0.706. The lowest BCUT2D eigenvalue weighted by molar-refractivity contribution is -0.122. The molecule has 3 rings (SSSR count). The predicted molar refractivity (Wildman–Crippen MR) is 104 cm³/mol. The highest BCUT2D eigenvalue weighted by Gasteiger charge is 2.19. The molecule has 8 nitrogen and oxygen atoms in total. The van der Waals surface area contributed by atoms with E-state index in [9.17, 15) is 9.59 Å². The molecule has 0 unspecified atom stereocenters. The minimum atomic E-state index is -0.0834. The second-order valence-corrected chi connectivity index (χ2v) is 6.74. The number of fused-ring (bicyclic) bond motifs is 1. The molecule has 0 aliphatic carbocycles. The number of piperazine rings is 1. The fraction of sp³-hybridized carbons (Fsp3) is 0.526. The van der Waals surface area contributed by atoms with E-state index in [1.165, 1.54) is 0 Å². The van der Waals surface area contributed by atoms with Gasteiger partial charge in [-0.2, -0.15) is 0 Å². The summed E-state index contributed by atoms with van der Waals surface area (Å²) in [7, 11) is 1.62. The van der Waals surface area contributed by atoms with Crippen LogP contribution in [0.1, 0.15) is 5.82 Å². The third kappa shape index (κ3) is 5.59. The van der Waals surface area contributed by atoms with E-state index < -0.39 is 0 Å². The fourth-order valence-corrected chi connectivity index (χ4v) is 3.24. The van der Waals surface area contributed by atoms with E-state index in [0.29, 0.717) is 31.5 Å². The Morgan fingerprint density at radius 2 is 1.96 bits per heavy atom. The van der Waals surface area contributed by atoms with Crippen molar-refractivity contribution in [3.05, 3.63) is 40.4 Å². The highest BCUT2D eigenvalue weighted by Crippen LogP contribution is 2.07. The van der Waals surface area contributed by atoms with Gasteiger partial charge >= 0.3 is 0 Å². The maximum Gasteiger partial charge on any atom is 0.258 e. The molecule has 1 aliphatic rings. The SMILES string of the molecule is COCCNC(=O)CN1CCN(CCc2nc3ccccc3c(=O)[nH]2)CC1. The number of H-pyrrole nitrogens is 1. The van der Waals surface area contributed by atoms with Crippen LogP contribution in [0.25, 0.3) is 10.9 Å². The lowest BCUT2D eigenvalue weighted by Gasteiger charge is -2.34. The van der Waals surface area contributed by atoms with Gasteiger partial charge in [-0.15, -0.1) is 0 Å². The topological polar surface area (TPSA) is 90.6 Å². The highest BCUT2D eigenvalue weighted by molar-refractivity contribution is 5.78. The molecule has 0 bridgehead atoms. The Bertz CT molecular complexity index is 814. The van der Waals surface area contributed by atoms with E-state index in [2.05, 4.69) is 25.1 Å². The Labute approximate surface area is 158 Å². The summed E-state index contributed by atoms with van der Waals surface area (Å²) < 4.78 is 4.93. The molecule has 2 N–H and O–H groups in total. The number of methoxy groups -OCH3 is 1. The summed E-state index contributed by atoms with van der Waals surface area (Å²) in [6.45, 7) is 5.88. The van der Waals surface area contributed by atoms with Crippen LogP contribution < -0.4 is 10.9 Å². The smallest absolute Gasteiger partial charge is 0.258 e. The molecule has 0 radical (unpaired) electrons. The number of nitrogens with zero attached hydrogens (tertiary/aromatic N) is 3. The van der Waals surface area contributed by atoms with Crippen molar-refractivity contribution in [1.82, 2.24) is 25.1 Å². The first-order valence-corrected chi connectivity index (χ1v) is 9.34. The lowest BCUT2D eigenvalue weighted by atomic mass is 10.2. The van der Waals surface area contributed by atoms with Crippen LogP contribution in [-0.2, 0) is 16.0 Å². The van der Waals surface area contributed by atoms with Crippen molar-refractivity contribution in [2.24, 2.45) is 0 Å². The summed E-state index contributed by atoms with van der Waals surface area (Å²) >= 11 is 0. The van der Waals surface area contributed by atoms with Gasteiger partial charge in [-0.1, -0.05) is 12.1 Å². The van der Waals surface area contributed by atoms with Gasteiger partial charge in [0.15, 0.2) is 0 Å². The number of aromatic nitrogens is 2. The van der Waals surface area contributed by atoms with Gasteiger partial charge in [0, 0.05) is 52.8 Å². The quantitative estimate of drug-likeness (QED) is 0.625. The molecule has 2 heterocycles. The first-order chi connectivity index (χ1) is 13.2. The molecule has 1 aromatic heterocycles. The molecular formula is C19H27N5O3. The number of benzene rings is 1. The average Bonchev–Trinajstić information content (AvgIpc) is 2.68. The summed E-state index contributed by atoms with van der Waals surface area (Å²) in [5.41, 5.74) is 0.653. The van der Waals surface area contributed by atoms with Gasteiger partial charge in [0.25, 0.3) is 5.56 Å². The zero-order valence-electron chi connectivity index (χ0n) is 15.7. The molecule has 0 atom stereocenters. The average molecular weight is 373 g/mol. The van der Waals surface area contributed by atoms with E-state index in [1.54, 1.807) is 13.2 Å². The number of aromatic amines is 1. The van der Waals surface area contributed by atoms with Gasteiger partial charge in [0.1, 0.15) is 5.82 Å². The first-order valence-electron chi connectivity index (χ1n) is 9.34. The van der Waals surface area contributed by atoms with E-state index in [-0.39, 0.29) is 11.5 Å². The Morgan fingerprint density at radius 1 is 1.22 bits per heavy atom. The van der Waals surface area contributed by atoms with Gasteiger partial charge < -0.3 is 19.9 Å². The third-order valence-corrected chi connectivity index (χ3v) is 4.79. The van der Waals surface area contributed by atoms with Crippen molar-refractivity contribution in [1.29, 1.82) is 0 Å². The second-order valence-electron chi connectivity index (χ2n) is 6.74. The Morgan fingerprint density at radius 3 is 2.74 bits per heavy atom. The number of hydrogen-bond acceptors (Lipinski definition) is 6.